The van der Waals surface area contributed by atoms with Crippen molar-refractivity contribution in [3.8, 4) is 0 Å². The van der Waals surface area contributed by atoms with Crippen molar-refractivity contribution >= 4 is 11.6 Å². The predicted octanol–water partition coefficient (Wildman–Crippen LogP) is 2.92. The summed E-state index contributed by atoms with van der Waals surface area (Å²) >= 11 is 0. The smallest absolute Gasteiger partial charge is 0.132 e. The molecule has 106 valence electrons. The number of rotatable bonds is 6. The average molecular weight is 271 g/mol. The Bertz CT molecular complexity index is 568. The second-order valence-corrected chi connectivity index (χ2v) is 4.74. The minimum atomic E-state index is 0.658. The summed E-state index contributed by atoms with van der Waals surface area (Å²) in [6.07, 6.45) is 1.07. The van der Waals surface area contributed by atoms with E-state index in [1.807, 2.05) is 38.1 Å². The van der Waals surface area contributed by atoms with Crippen LogP contribution in [0, 0.1) is 13.8 Å². The largest absolute Gasteiger partial charge is 0.370 e. The van der Waals surface area contributed by atoms with Crippen LogP contribution < -0.4 is 10.6 Å². The molecule has 0 unspecified atom stereocenters. The summed E-state index contributed by atoms with van der Waals surface area (Å²) in [5.74, 6) is 2.43. The molecule has 0 fully saturated rings. The van der Waals surface area contributed by atoms with E-state index in [2.05, 4.69) is 32.5 Å². The maximum atomic E-state index is 4.46. The van der Waals surface area contributed by atoms with Gasteiger partial charge < -0.3 is 10.6 Å². The fraction of sp³-hybridized carbons (Fsp3) is 0.400. The summed E-state index contributed by atoms with van der Waals surface area (Å²) in [5.41, 5.74) is 2.03. The van der Waals surface area contributed by atoms with Crippen LogP contribution in [0.25, 0.3) is 0 Å². The molecule has 0 aliphatic rings. The molecular formula is C15H21N5. The van der Waals surface area contributed by atoms with Crippen LogP contribution in [0.5, 0.6) is 0 Å². The van der Waals surface area contributed by atoms with Crippen molar-refractivity contribution in [1.82, 2.24) is 15.0 Å². The maximum absolute atomic E-state index is 4.46. The molecule has 2 heterocycles. The SMILES string of the molecule is CCCNc1cc(NCc2cccc(C)n2)nc(C)n1. The van der Waals surface area contributed by atoms with Crippen molar-refractivity contribution in [2.24, 2.45) is 0 Å². The molecule has 0 aliphatic carbocycles. The quantitative estimate of drug-likeness (QED) is 0.845. The van der Waals surface area contributed by atoms with Gasteiger partial charge in [-0.1, -0.05) is 13.0 Å². The first-order valence-corrected chi connectivity index (χ1v) is 6.93. The van der Waals surface area contributed by atoms with Crippen molar-refractivity contribution in [2.45, 2.75) is 33.7 Å². The fourth-order valence-electron chi connectivity index (χ4n) is 1.88. The third-order valence-electron chi connectivity index (χ3n) is 2.79. The highest BCUT2D eigenvalue weighted by molar-refractivity contribution is 5.47. The Labute approximate surface area is 119 Å². The molecule has 0 radical (unpaired) electrons. The van der Waals surface area contributed by atoms with Crippen LogP contribution in [0.4, 0.5) is 11.6 Å². The van der Waals surface area contributed by atoms with Crippen LogP contribution >= 0.6 is 0 Å². The zero-order valence-corrected chi connectivity index (χ0v) is 12.3. The van der Waals surface area contributed by atoms with Gasteiger partial charge in [0.1, 0.15) is 17.5 Å². The van der Waals surface area contributed by atoms with Crippen molar-refractivity contribution in [3.05, 3.63) is 41.5 Å². The first-order valence-electron chi connectivity index (χ1n) is 6.93. The Morgan fingerprint density at radius 2 is 1.75 bits per heavy atom. The average Bonchev–Trinajstić information content (AvgIpc) is 2.42. The van der Waals surface area contributed by atoms with Gasteiger partial charge in [-0.2, -0.15) is 0 Å². The molecule has 5 nitrogen and oxygen atoms in total. The predicted molar refractivity (Wildman–Crippen MR) is 81.9 cm³/mol. The lowest BCUT2D eigenvalue weighted by atomic mass is 10.3. The maximum Gasteiger partial charge on any atom is 0.132 e. The van der Waals surface area contributed by atoms with Gasteiger partial charge in [0.25, 0.3) is 0 Å². The molecule has 0 aromatic carbocycles. The second-order valence-electron chi connectivity index (χ2n) is 4.74. The Morgan fingerprint density at radius 3 is 2.45 bits per heavy atom. The Hall–Kier alpha value is -2.17. The molecule has 0 amide bonds. The van der Waals surface area contributed by atoms with Gasteiger partial charge >= 0.3 is 0 Å². The number of nitrogens with zero attached hydrogens (tertiary/aromatic N) is 3. The van der Waals surface area contributed by atoms with Gasteiger partial charge in [-0.25, -0.2) is 9.97 Å². The van der Waals surface area contributed by atoms with Crippen LogP contribution in [0.1, 0.15) is 30.6 Å². The van der Waals surface area contributed by atoms with Gasteiger partial charge in [-0.05, 0) is 32.4 Å². The molecule has 0 saturated carbocycles. The molecule has 0 aliphatic heterocycles. The summed E-state index contributed by atoms with van der Waals surface area (Å²) in [7, 11) is 0. The van der Waals surface area contributed by atoms with Crippen LogP contribution in [0.2, 0.25) is 0 Å². The van der Waals surface area contributed by atoms with E-state index >= 15 is 0 Å². The van der Waals surface area contributed by atoms with Crippen molar-refractivity contribution < 1.29 is 0 Å². The second kappa shape index (κ2) is 6.84. The third kappa shape index (κ3) is 4.19. The molecule has 20 heavy (non-hydrogen) atoms. The summed E-state index contributed by atoms with van der Waals surface area (Å²) < 4.78 is 0. The van der Waals surface area contributed by atoms with Gasteiger partial charge in [0.15, 0.2) is 0 Å². The zero-order valence-electron chi connectivity index (χ0n) is 12.3. The number of aromatic nitrogens is 3. The topological polar surface area (TPSA) is 62.7 Å². The van der Waals surface area contributed by atoms with Gasteiger partial charge in [-0.15, -0.1) is 0 Å². The summed E-state index contributed by atoms with van der Waals surface area (Å²) in [6.45, 7) is 7.59. The summed E-state index contributed by atoms with van der Waals surface area (Å²) in [5, 5.41) is 6.57. The number of aryl methyl sites for hydroxylation is 2. The van der Waals surface area contributed by atoms with E-state index in [9.17, 15) is 0 Å². The van der Waals surface area contributed by atoms with E-state index in [4.69, 9.17) is 0 Å². The number of hydrogen-bond acceptors (Lipinski definition) is 5. The number of anilines is 2. The normalized spacial score (nSPS) is 10.3. The van der Waals surface area contributed by atoms with Crippen LogP contribution in [0.3, 0.4) is 0 Å². The fourth-order valence-corrected chi connectivity index (χ4v) is 1.88. The molecule has 0 spiro atoms. The van der Waals surface area contributed by atoms with Crippen LogP contribution in [-0.4, -0.2) is 21.5 Å². The molecule has 0 atom stereocenters. The molecular weight excluding hydrogens is 250 g/mol. The van der Waals surface area contributed by atoms with E-state index in [1.165, 1.54) is 0 Å². The lowest BCUT2D eigenvalue weighted by Crippen LogP contribution is -2.08. The minimum absolute atomic E-state index is 0.658. The molecule has 2 rings (SSSR count). The molecule has 5 heteroatoms. The minimum Gasteiger partial charge on any atom is -0.370 e. The monoisotopic (exact) mass is 271 g/mol. The Kier molecular flexibility index (Phi) is 4.87. The zero-order chi connectivity index (χ0) is 14.4. The molecule has 0 bridgehead atoms. The standard InChI is InChI=1S/C15H21N5/c1-4-8-16-14-9-15(20-12(3)19-14)17-10-13-7-5-6-11(2)18-13/h5-7,9H,4,8,10H2,1-3H3,(H2,16,17,19,20). The van der Waals surface area contributed by atoms with E-state index < -0.39 is 0 Å². The van der Waals surface area contributed by atoms with Crippen LogP contribution in [0.15, 0.2) is 24.3 Å². The van der Waals surface area contributed by atoms with E-state index in [1.54, 1.807) is 0 Å². The lowest BCUT2D eigenvalue weighted by molar-refractivity contribution is 0.946. The summed E-state index contributed by atoms with van der Waals surface area (Å²) in [4.78, 5) is 13.2. The Balaban J connectivity index is 2.03. The number of pyridine rings is 1. The third-order valence-corrected chi connectivity index (χ3v) is 2.79. The van der Waals surface area contributed by atoms with E-state index in [0.717, 1.165) is 41.8 Å². The Morgan fingerprint density at radius 1 is 1.00 bits per heavy atom. The van der Waals surface area contributed by atoms with Gasteiger partial charge in [0, 0.05) is 18.3 Å². The number of nitrogens with one attached hydrogen (secondary N) is 2. The lowest BCUT2D eigenvalue weighted by Gasteiger charge is -2.09. The molecule has 2 aromatic rings. The van der Waals surface area contributed by atoms with E-state index in [0.29, 0.717) is 6.54 Å². The summed E-state index contributed by atoms with van der Waals surface area (Å²) in [6, 6.07) is 7.94. The molecule has 2 N–H and O–H groups in total. The molecule has 0 saturated heterocycles. The van der Waals surface area contributed by atoms with Gasteiger partial charge in [-0.3, -0.25) is 4.98 Å². The van der Waals surface area contributed by atoms with Gasteiger partial charge in [0.2, 0.25) is 0 Å². The first kappa shape index (κ1) is 14.2. The van der Waals surface area contributed by atoms with Crippen molar-refractivity contribution in [2.75, 3.05) is 17.2 Å². The number of hydrogen-bond donors (Lipinski definition) is 2. The first-order chi connectivity index (χ1) is 9.67. The van der Waals surface area contributed by atoms with Crippen molar-refractivity contribution in [3.63, 3.8) is 0 Å². The highest BCUT2D eigenvalue weighted by Gasteiger charge is 2.02. The highest BCUT2D eigenvalue weighted by Crippen LogP contribution is 2.12. The van der Waals surface area contributed by atoms with Crippen molar-refractivity contribution in [1.29, 1.82) is 0 Å². The van der Waals surface area contributed by atoms with Gasteiger partial charge in [0.05, 0.1) is 12.2 Å². The van der Waals surface area contributed by atoms with E-state index in [-0.39, 0.29) is 0 Å². The van der Waals surface area contributed by atoms with Crippen LogP contribution in [-0.2, 0) is 6.54 Å². The highest BCUT2D eigenvalue weighted by atomic mass is 15.1. The molecule has 2 aromatic heterocycles.